The molecule has 2 rings (SSSR count). The first kappa shape index (κ1) is 14.2. The van der Waals surface area contributed by atoms with Crippen molar-refractivity contribution in [1.82, 2.24) is 4.90 Å². The van der Waals surface area contributed by atoms with Gasteiger partial charge >= 0.3 is 0 Å². The Balaban J connectivity index is 2.06. The number of rotatable bonds is 4. The molecule has 0 radical (unpaired) electrons. The van der Waals surface area contributed by atoms with E-state index in [9.17, 15) is 4.79 Å². The van der Waals surface area contributed by atoms with Crippen LogP contribution in [-0.4, -0.2) is 32.0 Å². The second kappa shape index (κ2) is 5.82. The fourth-order valence-electron chi connectivity index (χ4n) is 2.01. The Morgan fingerprint density at radius 1 is 1.10 bits per heavy atom. The third-order valence-electron chi connectivity index (χ3n) is 3.28. The average molecular weight is 272 g/mol. The maximum atomic E-state index is 12.2. The van der Waals surface area contributed by atoms with E-state index in [4.69, 9.17) is 4.42 Å². The van der Waals surface area contributed by atoms with Crippen molar-refractivity contribution >= 4 is 11.6 Å². The van der Waals surface area contributed by atoms with E-state index in [1.807, 2.05) is 50.2 Å². The number of anilines is 1. The molecule has 1 heterocycles. The summed E-state index contributed by atoms with van der Waals surface area (Å²) >= 11 is 0. The van der Waals surface area contributed by atoms with Crippen molar-refractivity contribution < 1.29 is 9.21 Å². The summed E-state index contributed by atoms with van der Waals surface area (Å²) < 4.78 is 5.24. The van der Waals surface area contributed by atoms with Crippen LogP contribution in [0.1, 0.15) is 21.7 Å². The van der Waals surface area contributed by atoms with Crippen LogP contribution in [0.4, 0.5) is 5.69 Å². The molecule has 0 fully saturated rings. The van der Waals surface area contributed by atoms with Crippen molar-refractivity contribution in [2.45, 2.75) is 13.5 Å². The first-order valence-electron chi connectivity index (χ1n) is 6.55. The number of furan rings is 1. The van der Waals surface area contributed by atoms with E-state index in [2.05, 4.69) is 0 Å². The van der Waals surface area contributed by atoms with Crippen molar-refractivity contribution in [1.29, 1.82) is 0 Å². The largest absolute Gasteiger partial charge is 0.459 e. The Morgan fingerprint density at radius 2 is 1.75 bits per heavy atom. The summed E-state index contributed by atoms with van der Waals surface area (Å²) in [5.41, 5.74) is 3.10. The topological polar surface area (TPSA) is 36.7 Å². The Kier molecular flexibility index (Phi) is 4.13. The molecule has 0 N–H and O–H groups in total. The zero-order valence-corrected chi connectivity index (χ0v) is 12.4. The zero-order valence-electron chi connectivity index (χ0n) is 12.4. The summed E-state index contributed by atoms with van der Waals surface area (Å²) in [5.74, 6) is 0.321. The second-order valence-electron chi connectivity index (χ2n) is 5.15. The van der Waals surface area contributed by atoms with Gasteiger partial charge in [-0.3, -0.25) is 4.79 Å². The number of carbonyl (C=O) groups excluding carboxylic acids is 1. The Hall–Kier alpha value is -2.23. The molecule has 0 spiro atoms. The summed E-state index contributed by atoms with van der Waals surface area (Å²) in [4.78, 5) is 15.9. The minimum atomic E-state index is -0.0933. The van der Waals surface area contributed by atoms with Gasteiger partial charge in [0.25, 0.3) is 5.91 Å². The highest BCUT2D eigenvalue weighted by molar-refractivity contribution is 5.92. The molecular weight excluding hydrogens is 252 g/mol. The molecule has 0 atom stereocenters. The smallest absolute Gasteiger partial charge is 0.289 e. The van der Waals surface area contributed by atoms with E-state index in [-0.39, 0.29) is 5.91 Å². The normalized spacial score (nSPS) is 10.4. The van der Waals surface area contributed by atoms with Crippen LogP contribution in [0.3, 0.4) is 0 Å². The first-order chi connectivity index (χ1) is 9.49. The SMILES string of the molecule is Cc1ccoc1C(=O)N(C)Cc1ccc(N(C)C)cc1. The summed E-state index contributed by atoms with van der Waals surface area (Å²) in [5, 5.41) is 0. The van der Waals surface area contributed by atoms with Crippen molar-refractivity contribution in [2.75, 3.05) is 26.0 Å². The molecule has 0 unspecified atom stereocenters. The average Bonchev–Trinajstić information content (AvgIpc) is 2.84. The molecule has 0 bridgehead atoms. The van der Waals surface area contributed by atoms with Gasteiger partial charge in [0.15, 0.2) is 5.76 Å². The number of carbonyl (C=O) groups is 1. The number of hydrogen-bond acceptors (Lipinski definition) is 3. The summed E-state index contributed by atoms with van der Waals surface area (Å²) in [6.45, 7) is 2.43. The predicted octanol–water partition coefficient (Wildman–Crippen LogP) is 2.93. The standard InChI is InChI=1S/C16H20N2O2/c1-12-9-10-20-15(12)16(19)18(4)11-13-5-7-14(8-6-13)17(2)3/h5-10H,11H2,1-4H3. The van der Waals surface area contributed by atoms with Crippen molar-refractivity contribution in [3.63, 3.8) is 0 Å². The summed E-state index contributed by atoms with van der Waals surface area (Å²) in [6.07, 6.45) is 1.54. The lowest BCUT2D eigenvalue weighted by atomic mass is 10.2. The quantitative estimate of drug-likeness (QED) is 0.858. The molecule has 0 aliphatic carbocycles. The summed E-state index contributed by atoms with van der Waals surface area (Å²) in [7, 11) is 5.79. The molecule has 0 saturated heterocycles. The molecule has 0 aliphatic rings. The number of nitrogens with zero attached hydrogens (tertiary/aromatic N) is 2. The van der Waals surface area contributed by atoms with Crippen LogP contribution < -0.4 is 4.90 Å². The lowest BCUT2D eigenvalue weighted by Gasteiger charge is -2.17. The minimum Gasteiger partial charge on any atom is -0.459 e. The maximum Gasteiger partial charge on any atom is 0.289 e. The Bertz CT molecular complexity index is 585. The van der Waals surface area contributed by atoms with Crippen LogP contribution in [-0.2, 0) is 6.54 Å². The van der Waals surface area contributed by atoms with Gasteiger partial charge in [-0.15, -0.1) is 0 Å². The van der Waals surface area contributed by atoms with Crippen LogP contribution in [0.25, 0.3) is 0 Å². The predicted molar refractivity (Wildman–Crippen MR) is 80.0 cm³/mol. The monoisotopic (exact) mass is 272 g/mol. The lowest BCUT2D eigenvalue weighted by Crippen LogP contribution is -2.26. The van der Waals surface area contributed by atoms with E-state index in [0.717, 1.165) is 16.8 Å². The third-order valence-corrected chi connectivity index (χ3v) is 3.28. The van der Waals surface area contributed by atoms with E-state index in [1.165, 1.54) is 0 Å². The highest BCUT2D eigenvalue weighted by Gasteiger charge is 2.17. The number of benzene rings is 1. The molecule has 1 aromatic carbocycles. The number of amides is 1. The molecule has 106 valence electrons. The number of aryl methyl sites for hydroxylation is 1. The van der Waals surface area contributed by atoms with Gasteiger partial charge in [-0.25, -0.2) is 0 Å². The second-order valence-corrected chi connectivity index (χ2v) is 5.15. The zero-order chi connectivity index (χ0) is 14.7. The highest BCUT2D eigenvalue weighted by atomic mass is 16.3. The molecule has 0 aliphatic heterocycles. The van der Waals surface area contributed by atoms with Gasteiger partial charge in [0.1, 0.15) is 0 Å². The molecule has 20 heavy (non-hydrogen) atoms. The Labute approximate surface area is 119 Å². The van der Waals surface area contributed by atoms with Crippen molar-refractivity contribution in [2.24, 2.45) is 0 Å². The summed E-state index contributed by atoms with van der Waals surface area (Å²) in [6, 6.07) is 9.97. The van der Waals surface area contributed by atoms with Gasteiger partial charge in [0.05, 0.1) is 6.26 Å². The molecule has 1 amide bonds. The molecule has 4 nitrogen and oxygen atoms in total. The lowest BCUT2D eigenvalue weighted by molar-refractivity contribution is 0.0752. The van der Waals surface area contributed by atoms with Crippen LogP contribution in [0, 0.1) is 6.92 Å². The minimum absolute atomic E-state index is 0.0933. The van der Waals surface area contributed by atoms with Crippen LogP contribution >= 0.6 is 0 Å². The van der Waals surface area contributed by atoms with E-state index in [1.54, 1.807) is 24.3 Å². The van der Waals surface area contributed by atoms with Gasteiger partial charge in [0.2, 0.25) is 0 Å². The van der Waals surface area contributed by atoms with Gasteiger partial charge in [-0.2, -0.15) is 0 Å². The van der Waals surface area contributed by atoms with E-state index < -0.39 is 0 Å². The fourth-order valence-corrected chi connectivity index (χ4v) is 2.01. The van der Waals surface area contributed by atoms with Gasteiger partial charge in [-0.1, -0.05) is 12.1 Å². The van der Waals surface area contributed by atoms with Crippen LogP contribution in [0.5, 0.6) is 0 Å². The van der Waals surface area contributed by atoms with Crippen LogP contribution in [0.2, 0.25) is 0 Å². The van der Waals surface area contributed by atoms with Gasteiger partial charge < -0.3 is 14.2 Å². The maximum absolute atomic E-state index is 12.2. The van der Waals surface area contributed by atoms with E-state index >= 15 is 0 Å². The molecular formula is C16H20N2O2. The number of hydrogen-bond donors (Lipinski definition) is 0. The molecule has 1 aromatic heterocycles. The first-order valence-corrected chi connectivity index (χ1v) is 6.55. The molecule has 4 heteroatoms. The van der Waals surface area contributed by atoms with Gasteiger partial charge in [0, 0.05) is 38.9 Å². The molecule has 0 saturated carbocycles. The van der Waals surface area contributed by atoms with Crippen molar-refractivity contribution in [3.05, 3.63) is 53.5 Å². The third kappa shape index (κ3) is 3.02. The molecule has 2 aromatic rings. The van der Waals surface area contributed by atoms with Gasteiger partial charge in [-0.05, 0) is 30.7 Å². The Morgan fingerprint density at radius 3 is 2.25 bits per heavy atom. The fraction of sp³-hybridized carbons (Fsp3) is 0.312. The van der Waals surface area contributed by atoms with E-state index in [0.29, 0.717) is 12.3 Å². The van der Waals surface area contributed by atoms with Crippen molar-refractivity contribution in [3.8, 4) is 0 Å². The highest BCUT2D eigenvalue weighted by Crippen LogP contribution is 2.16. The van der Waals surface area contributed by atoms with Crippen LogP contribution in [0.15, 0.2) is 41.0 Å².